The van der Waals surface area contributed by atoms with Crippen LogP contribution in [0.4, 0.5) is 4.79 Å². The molecule has 0 aliphatic carbocycles. The molecule has 0 radical (unpaired) electrons. The summed E-state index contributed by atoms with van der Waals surface area (Å²) in [5.41, 5.74) is 5.38. The van der Waals surface area contributed by atoms with Crippen molar-refractivity contribution in [2.45, 2.75) is 19.4 Å². The Morgan fingerprint density at radius 3 is 2.59 bits per heavy atom. The number of nitrogens with one attached hydrogen (secondary N) is 2. The first-order valence-electron chi connectivity index (χ1n) is 5.11. The summed E-state index contributed by atoms with van der Waals surface area (Å²) in [4.78, 5) is 10.9. The molecule has 0 aromatic rings. The van der Waals surface area contributed by atoms with Crippen LogP contribution in [-0.4, -0.2) is 47.4 Å². The van der Waals surface area contributed by atoms with Crippen LogP contribution in [0.1, 0.15) is 13.3 Å². The number of methoxy groups -OCH3 is 1. The van der Waals surface area contributed by atoms with E-state index in [1.165, 1.54) is 7.11 Å². The first kappa shape index (κ1) is 16.1. The van der Waals surface area contributed by atoms with Crippen LogP contribution in [0.3, 0.4) is 0 Å². The van der Waals surface area contributed by atoms with Crippen molar-refractivity contribution in [1.82, 2.24) is 9.44 Å². The Balaban J connectivity index is 4.26. The highest BCUT2D eigenvalue weighted by Crippen LogP contribution is 1.93. The van der Waals surface area contributed by atoms with Crippen molar-refractivity contribution in [2.75, 3.05) is 26.9 Å². The zero-order valence-electron chi connectivity index (χ0n) is 9.93. The van der Waals surface area contributed by atoms with Gasteiger partial charge in [0, 0.05) is 26.3 Å². The molecule has 0 fully saturated rings. The Morgan fingerprint density at radius 1 is 1.47 bits per heavy atom. The zero-order valence-corrected chi connectivity index (χ0v) is 10.7. The van der Waals surface area contributed by atoms with E-state index in [2.05, 4.69) is 9.46 Å². The SMILES string of the molecule is CCOC(=O)NS(=O)(=O)NC(CN)CCOC. The summed E-state index contributed by atoms with van der Waals surface area (Å²) in [6.07, 6.45) is -0.612. The van der Waals surface area contributed by atoms with Crippen LogP contribution in [0.25, 0.3) is 0 Å². The lowest BCUT2D eigenvalue weighted by molar-refractivity contribution is 0.158. The van der Waals surface area contributed by atoms with Crippen LogP contribution >= 0.6 is 0 Å². The van der Waals surface area contributed by atoms with Gasteiger partial charge in [0.25, 0.3) is 0 Å². The van der Waals surface area contributed by atoms with Crippen molar-refractivity contribution < 1.29 is 22.7 Å². The average molecular weight is 269 g/mol. The number of carbonyl (C=O) groups is 1. The molecule has 0 saturated carbocycles. The van der Waals surface area contributed by atoms with E-state index < -0.39 is 22.3 Å². The third kappa shape index (κ3) is 7.91. The second kappa shape index (κ2) is 8.23. The maximum absolute atomic E-state index is 11.4. The number of hydrogen-bond donors (Lipinski definition) is 3. The minimum Gasteiger partial charge on any atom is -0.449 e. The van der Waals surface area contributed by atoms with Crippen molar-refractivity contribution in [3.63, 3.8) is 0 Å². The molecule has 0 aromatic heterocycles. The van der Waals surface area contributed by atoms with Crippen LogP contribution in [0.5, 0.6) is 0 Å². The quantitative estimate of drug-likeness (QED) is 0.516. The number of nitrogens with two attached hydrogens (primary N) is 1. The Morgan fingerprint density at radius 2 is 2.12 bits per heavy atom. The van der Waals surface area contributed by atoms with Gasteiger partial charge in [-0.25, -0.2) is 9.52 Å². The Bertz CT molecular complexity index is 319. The average Bonchev–Trinajstić information content (AvgIpc) is 2.23. The molecule has 0 bridgehead atoms. The summed E-state index contributed by atoms with van der Waals surface area (Å²) >= 11 is 0. The number of hydrogen-bond acceptors (Lipinski definition) is 6. The van der Waals surface area contributed by atoms with Crippen molar-refractivity contribution in [2.24, 2.45) is 5.73 Å². The molecule has 1 amide bonds. The van der Waals surface area contributed by atoms with E-state index in [4.69, 9.17) is 10.5 Å². The van der Waals surface area contributed by atoms with Crippen LogP contribution < -0.4 is 15.2 Å². The first-order valence-corrected chi connectivity index (χ1v) is 6.59. The molecule has 0 heterocycles. The van der Waals surface area contributed by atoms with Gasteiger partial charge in [0.1, 0.15) is 0 Å². The molecular formula is C8H19N3O5S. The van der Waals surface area contributed by atoms with Crippen LogP contribution in [-0.2, 0) is 19.7 Å². The molecule has 4 N–H and O–H groups in total. The Labute approximate surface area is 101 Å². The van der Waals surface area contributed by atoms with Gasteiger partial charge >= 0.3 is 16.3 Å². The van der Waals surface area contributed by atoms with Crippen LogP contribution in [0.2, 0.25) is 0 Å². The molecule has 0 rings (SSSR count). The molecule has 0 aliphatic rings. The number of amides is 1. The maximum atomic E-state index is 11.4. The summed E-state index contributed by atoms with van der Waals surface area (Å²) in [6, 6.07) is -0.498. The number of rotatable bonds is 8. The number of ether oxygens (including phenoxy) is 2. The van der Waals surface area contributed by atoms with E-state index in [-0.39, 0.29) is 13.2 Å². The van der Waals surface area contributed by atoms with Crippen molar-refractivity contribution in [3.8, 4) is 0 Å². The van der Waals surface area contributed by atoms with Crippen molar-refractivity contribution in [3.05, 3.63) is 0 Å². The molecule has 1 unspecified atom stereocenters. The molecule has 1 atom stereocenters. The summed E-state index contributed by atoms with van der Waals surface area (Å²) < 4.78 is 36.0. The third-order valence-corrected chi connectivity index (χ3v) is 2.85. The molecule has 0 spiro atoms. The van der Waals surface area contributed by atoms with Crippen molar-refractivity contribution in [1.29, 1.82) is 0 Å². The maximum Gasteiger partial charge on any atom is 0.421 e. The van der Waals surface area contributed by atoms with Gasteiger partial charge in [-0.2, -0.15) is 13.1 Å². The highest BCUT2D eigenvalue weighted by molar-refractivity contribution is 7.88. The van der Waals surface area contributed by atoms with Gasteiger partial charge < -0.3 is 15.2 Å². The van der Waals surface area contributed by atoms with Gasteiger partial charge in [-0.15, -0.1) is 0 Å². The third-order valence-electron chi connectivity index (χ3n) is 1.77. The van der Waals surface area contributed by atoms with Gasteiger partial charge in [-0.1, -0.05) is 0 Å². The van der Waals surface area contributed by atoms with E-state index in [1.54, 1.807) is 11.6 Å². The Kier molecular flexibility index (Phi) is 7.79. The molecule has 9 heteroatoms. The van der Waals surface area contributed by atoms with Gasteiger partial charge in [0.05, 0.1) is 6.61 Å². The molecule has 102 valence electrons. The molecule has 0 aromatic carbocycles. The summed E-state index contributed by atoms with van der Waals surface area (Å²) in [6.45, 7) is 2.13. The van der Waals surface area contributed by atoms with E-state index >= 15 is 0 Å². The Hall–Kier alpha value is -0.900. The molecule has 8 nitrogen and oxygen atoms in total. The van der Waals surface area contributed by atoms with Gasteiger partial charge in [0.2, 0.25) is 0 Å². The van der Waals surface area contributed by atoms with Crippen LogP contribution in [0, 0.1) is 0 Å². The predicted molar refractivity (Wildman–Crippen MR) is 61.5 cm³/mol. The topological polar surface area (TPSA) is 120 Å². The van der Waals surface area contributed by atoms with Gasteiger partial charge in [-0.05, 0) is 13.3 Å². The molecular weight excluding hydrogens is 250 g/mol. The molecule has 0 saturated heterocycles. The monoisotopic (exact) mass is 269 g/mol. The van der Waals surface area contributed by atoms with E-state index in [0.717, 1.165) is 0 Å². The fraction of sp³-hybridized carbons (Fsp3) is 0.875. The van der Waals surface area contributed by atoms with Crippen molar-refractivity contribution >= 4 is 16.3 Å². The highest BCUT2D eigenvalue weighted by atomic mass is 32.2. The fourth-order valence-electron chi connectivity index (χ4n) is 1.00. The predicted octanol–water partition coefficient (Wildman–Crippen LogP) is -1.07. The van der Waals surface area contributed by atoms with Gasteiger partial charge in [0.15, 0.2) is 0 Å². The summed E-state index contributed by atoms with van der Waals surface area (Å²) in [7, 11) is -2.46. The molecule has 0 aliphatic heterocycles. The minimum absolute atomic E-state index is 0.0886. The summed E-state index contributed by atoms with van der Waals surface area (Å²) in [5, 5.41) is 0. The minimum atomic E-state index is -3.95. The summed E-state index contributed by atoms with van der Waals surface area (Å²) in [5.74, 6) is 0. The lowest BCUT2D eigenvalue weighted by Gasteiger charge is -2.16. The second-order valence-electron chi connectivity index (χ2n) is 3.16. The number of carbonyl (C=O) groups excluding carboxylic acids is 1. The smallest absolute Gasteiger partial charge is 0.421 e. The normalized spacial score (nSPS) is 13.1. The highest BCUT2D eigenvalue weighted by Gasteiger charge is 2.19. The first-order chi connectivity index (χ1) is 7.95. The molecule has 17 heavy (non-hydrogen) atoms. The largest absolute Gasteiger partial charge is 0.449 e. The van der Waals surface area contributed by atoms with E-state index in [9.17, 15) is 13.2 Å². The van der Waals surface area contributed by atoms with E-state index in [1.807, 2.05) is 0 Å². The fourth-order valence-corrected chi connectivity index (χ4v) is 1.99. The lowest BCUT2D eigenvalue weighted by atomic mass is 10.2. The second-order valence-corrected chi connectivity index (χ2v) is 4.60. The van der Waals surface area contributed by atoms with Gasteiger partial charge in [-0.3, -0.25) is 0 Å². The van der Waals surface area contributed by atoms with E-state index in [0.29, 0.717) is 13.0 Å². The standard InChI is InChI=1S/C8H19N3O5S/c1-3-16-8(12)11-17(13,14)10-7(6-9)4-5-15-2/h7,10H,3-6,9H2,1-2H3,(H,11,12). The zero-order chi connectivity index (χ0) is 13.3. The van der Waals surface area contributed by atoms with Crippen LogP contribution in [0.15, 0.2) is 0 Å². The lowest BCUT2D eigenvalue weighted by Crippen LogP contribution is -2.48.